The second-order valence-corrected chi connectivity index (χ2v) is 3.29. The maximum absolute atomic E-state index is 9.84. The van der Waals surface area contributed by atoms with Gasteiger partial charge in [0.25, 0.3) is 0 Å². The van der Waals surface area contributed by atoms with Crippen LogP contribution in [0.4, 0.5) is 0 Å². The normalized spacial score (nSPS) is 9.50. The van der Waals surface area contributed by atoms with E-state index in [1.165, 1.54) is 17.5 Å². The molecule has 0 spiro atoms. The van der Waals surface area contributed by atoms with Crippen molar-refractivity contribution in [3.8, 4) is 0 Å². The lowest BCUT2D eigenvalue weighted by Gasteiger charge is -2.00. The molecule has 0 unspecified atom stereocenters. The number of isocyanates is 1. The molecular formula is C12H15NO. The van der Waals surface area contributed by atoms with Crippen LogP contribution in [0.2, 0.25) is 0 Å². The zero-order valence-electron chi connectivity index (χ0n) is 8.49. The Morgan fingerprint density at radius 1 is 1.14 bits per heavy atom. The van der Waals surface area contributed by atoms with Gasteiger partial charge in [0.05, 0.1) is 6.54 Å². The fraction of sp³-hybridized carbons (Fsp3) is 0.417. The zero-order chi connectivity index (χ0) is 10.2. The van der Waals surface area contributed by atoms with Crippen molar-refractivity contribution in [2.24, 2.45) is 4.99 Å². The molecule has 0 aliphatic rings. The standard InChI is InChI=1S/C12H15NO/c1-2-3-11-4-6-12(7-5-11)8-9-13-10-14/h4-7H,2-3,8-9H2,1H3. The molecule has 0 heterocycles. The summed E-state index contributed by atoms with van der Waals surface area (Å²) >= 11 is 0. The van der Waals surface area contributed by atoms with Crippen molar-refractivity contribution in [1.82, 2.24) is 0 Å². The summed E-state index contributed by atoms with van der Waals surface area (Å²) in [5.41, 5.74) is 2.60. The summed E-state index contributed by atoms with van der Waals surface area (Å²) in [6.07, 6.45) is 4.67. The molecule has 0 aliphatic carbocycles. The summed E-state index contributed by atoms with van der Waals surface area (Å²) in [7, 11) is 0. The van der Waals surface area contributed by atoms with Crippen molar-refractivity contribution in [3.05, 3.63) is 35.4 Å². The fourth-order valence-corrected chi connectivity index (χ4v) is 1.39. The minimum Gasteiger partial charge on any atom is -0.211 e. The van der Waals surface area contributed by atoms with Crippen molar-refractivity contribution in [1.29, 1.82) is 0 Å². The molecule has 0 N–H and O–H groups in total. The van der Waals surface area contributed by atoms with Gasteiger partial charge in [-0.25, -0.2) is 9.79 Å². The van der Waals surface area contributed by atoms with E-state index in [9.17, 15) is 4.79 Å². The molecule has 0 fully saturated rings. The first-order valence-corrected chi connectivity index (χ1v) is 4.98. The Labute approximate surface area is 84.7 Å². The van der Waals surface area contributed by atoms with Gasteiger partial charge in [-0.15, -0.1) is 0 Å². The fourth-order valence-electron chi connectivity index (χ4n) is 1.39. The number of benzene rings is 1. The largest absolute Gasteiger partial charge is 0.234 e. The molecule has 0 saturated heterocycles. The Bertz CT molecular complexity index is 310. The van der Waals surface area contributed by atoms with Gasteiger partial charge in [0.15, 0.2) is 0 Å². The number of hydrogen-bond donors (Lipinski definition) is 0. The summed E-state index contributed by atoms with van der Waals surface area (Å²) in [6, 6.07) is 8.49. The van der Waals surface area contributed by atoms with Gasteiger partial charge in [-0.3, -0.25) is 0 Å². The van der Waals surface area contributed by atoms with Gasteiger partial charge in [0, 0.05) is 0 Å². The summed E-state index contributed by atoms with van der Waals surface area (Å²) in [6.45, 7) is 2.71. The molecular weight excluding hydrogens is 174 g/mol. The van der Waals surface area contributed by atoms with Crippen molar-refractivity contribution < 1.29 is 4.79 Å². The summed E-state index contributed by atoms with van der Waals surface area (Å²) < 4.78 is 0. The number of hydrogen-bond acceptors (Lipinski definition) is 2. The first-order valence-electron chi connectivity index (χ1n) is 4.98. The molecule has 0 amide bonds. The van der Waals surface area contributed by atoms with Crippen LogP contribution in [0.5, 0.6) is 0 Å². The summed E-state index contributed by atoms with van der Waals surface area (Å²) in [5.74, 6) is 0. The van der Waals surface area contributed by atoms with Gasteiger partial charge in [-0.1, -0.05) is 37.6 Å². The van der Waals surface area contributed by atoms with Crippen LogP contribution in [0.25, 0.3) is 0 Å². The topological polar surface area (TPSA) is 29.4 Å². The van der Waals surface area contributed by atoms with Gasteiger partial charge in [-0.2, -0.15) is 0 Å². The quantitative estimate of drug-likeness (QED) is 0.517. The highest BCUT2D eigenvalue weighted by Gasteiger charge is 1.93. The summed E-state index contributed by atoms with van der Waals surface area (Å²) in [4.78, 5) is 13.4. The number of nitrogens with zero attached hydrogens (tertiary/aromatic N) is 1. The van der Waals surface area contributed by atoms with Crippen LogP contribution >= 0.6 is 0 Å². The van der Waals surface area contributed by atoms with Crippen LogP contribution < -0.4 is 0 Å². The molecule has 0 radical (unpaired) electrons. The van der Waals surface area contributed by atoms with Crippen LogP contribution in [0.15, 0.2) is 29.3 Å². The van der Waals surface area contributed by atoms with Crippen LogP contribution in [0.1, 0.15) is 24.5 Å². The highest BCUT2D eigenvalue weighted by Crippen LogP contribution is 2.07. The number of aliphatic imine (C=N–C) groups is 1. The number of carbonyl (C=O) groups excluding carboxylic acids is 1. The minimum atomic E-state index is 0.538. The Balaban J connectivity index is 2.50. The lowest BCUT2D eigenvalue weighted by Crippen LogP contribution is -1.90. The molecule has 2 heteroatoms. The van der Waals surface area contributed by atoms with E-state index >= 15 is 0 Å². The lowest BCUT2D eigenvalue weighted by molar-refractivity contribution is 0.563. The molecule has 0 bridgehead atoms. The van der Waals surface area contributed by atoms with Crippen LogP contribution in [-0.2, 0) is 17.6 Å². The maximum atomic E-state index is 9.84. The Morgan fingerprint density at radius 2 is 1.71 bits per heavy atom. The van der Waals surface area contributed by atoms with E-state index in [2.05, 4.69) is 36.2 Å². The SMILES string of the molecule is CCCc1ccc(CCN=C=O)cc1. The monoisotopic (exact) mass is 189 g/mol. The molecule has 0 aliphatic heterocycles. The number of rotatable bonds is 5. The molecule has 74 valence electrons. The van der Waals surface area contributed by atoms with E-state index in [4.69, 9.17) is 0 Å². The average molecular weight is 189 g/mol. The molecule has 0 atom stereocenters. The van der Waals surface area contributed by atoms with Crippen molar-refractivity contribution in [2.75, 3.05) is 6.54 Å². The second kappa shape index (κ2) is 6.11. The summed E-state index contributed by atoms with van der Waals surface area (Å²) in [5, 5.41) is 0. The van der Waals surface area contributed by atoms with Crippen molar-refractivity contribution in [3.63, 3.8) is 0 Å². The van der Waals surface area contributed by atoms with Gasteiger partial charge in [-0.05, 0) is 24.0 Å². The first kappa shape index (κ1) is 10.7. The molecule has 1 aromatic carbocycles. The van der Waals surface area contributed by atoms with E-state index < -0.39 is 0 Å². The van der Waals surface area contributed by atoms with Gasteiger partial charge in [0.2, 0.25) is 6.08 Å². The second-order valence-electron chi connectivity index (χ2n) is 3.29. The lowest BCUT2D eigenvalue weighted by atomic mass is 10.1. The third-order valence-corrected chi connectivity index (χ3v) is 2.14. The highest BCUT2D eigenvalue weighted by atomic mass is 16.1. The van der Waals surface area contributed by atoms with E-state index in [0.29, 0.717) is 6.54 Å². The molecule has 2 nitrogen and oxygen atoms in total. The number of aryl methyl sites for hydroxylation is 1. The Hall–Kier alpha value is -1.40. The smallest absolute Gasteiger partial charge is 0.211 e. The van der Waals surface area contributed by atoms with Crippen LogP contribution in [-0.4, -0.2) is 12.6 Å². The molecule has 0 saturated carbocycles. The van der Waals surface area contributed by atoms with Crippen molar-refractivity contribution >= 4 is 6.08 Å². The van der Waals surface area contributed by atoms with Crippen molar-refractivity contribution in [2.45, 2.75) is 26.2 Å². The van der Waals surface area contributed by atoms with E-state index in [1.807, 2.05) is 0 Å². The molecule has 1 aromatic rings. The molecule has 14 heavy (non-hydrogen) atoms. The minimum absolute atomic E-state index is 0.538. The van der Waals surface area contributed by atoms with Gasteiger partial charge in [0.1, 0.15) is 0 Å². The average Bonchev–Trinajstić information content (AvgIpc) is 2.21. The van der Waals surface area contributed by atoms with E-state index in [0.717, 1.165) is 12.8 Å². The molecule has 1 rings (SSSR count). The van der Waals surface area contributed by atoms with Crippen LogP contribution in [0, 0.1) is 0 Å². The zero-order valence-corrected chi connectivity index (χ0v) is 8.49. The van der Waals surface area contributed by atoms with E-state index in [1.54, 1.807) is 6.08 Å². The Kier molecular flexibility index (Phi) is 4.66. The third-order valence-electron chi connectivity index (χ3n) is 2.14. The third kappa shape index (κ3) is 3.55. The highest BCUT2D eigenvalue weighted by molar-refractivity contribution is 5.33. The predicted molar refractivity (Wildman–Crippen MR) is 57.1 cm³/mol. The van der Waals surface area contributed by atoms with Gasteiger partial charge >= 0.3 is 0 Å². The first-order chi connectivity index (χ1) is 6.86. The van der Waals surface area contributed by atoms with Crippen LogP contribution in [0.3, 0.4) is 0 Å². The van der Waals surface area contributed by atoms with E-state index in [-0.39, 0.29) is 0 Å². The van der Waals surface area contributed by atoms with Gasteiger partial charge < -0.3 is 0 Å². The molecule has 0 aromatic heterocycles. The maximum Gasteiger partial charge on any atom is 0.234 e. The predicted octanol–water partition coefficient (Wildman–Crippen LogP) is 2.52. The Morgan fingerprint density at radius 3 is 2.21 bits per heavy atom.